The molecule has 0 bridgehead atoms. The third-order valence-corrected chi connectivity index (χ3v) is 6.40. The Hall–Kier alpha value is -1.23. The first-order chi connectivity index (χ1) is 9.61. The molecule has 0 fully saturated rings. The summed E-state index contributed by atoms with van der Waals surface area (Å²) < 4.78 is 26.5. The molecular weight excluding hydrogens is 316 g/mol. The van der Waals surface area contributed by atoms with Crippen molar-refractivity contribution in [3.63, 3.8) is 0 Å². The Labute approximate surface area is 128 Å². The minimum absolute atomic E-state index is 0.0980. The summed E-state index contributed by atoms with van der Waals surface area (Å²) in [5.41, 5.74) is 5.16. The van der Waals surface area contributed by atoms with Crippen LogP contribution in [0.1, 0.15) is 13.8 Å². The van der Waals surface area contributed by atoms with E-state index in [9.17, 15) is 18.5 Å². The van der Waals surface area contributed by atoms with Crippen LogP contribution in [-0.4, -0.2) is 55.8 Å². The molecule has 120 valence electrons. The van der Waals surface area contributed by atoms with Crippen molar-refractivity contribution in [2.75, 3.05) is 32.9 Å². The van der Waals surface area contributed by atoms with Crippen LogP contribution in [0.3, 0.4) is 0 Å². The fourth-order valence-electron chi connectivity index (χ4n) is 2.10. The molecule has 1 unspecified atom stereocenters. The molecule has 0 amide bonds. The molecule has 1 aromatic rings. The summed E-state index contributed by atoms with van der Waals surface area (Å²) in [6.45, 7) is 4.36. The number of hydrogen-bond acceptors (Lipinski definition) is 7. The van der Waals surface area contributed by atoms with E-state index in [0.717, 1.165) is 17.4 Å². The number of rotatable bonds is 7. The molecule has 0 aliphatic rings. The Bertz CT molecular complexity index is 612. The van der Waals surface area contributed by atoms with Crippen LogP contribution in [0.4, 0.5) is 10.7 Å². The van der Waals surface area contributed by atoms with Crippen LogP contribution in [0.25, 0.3) is 0 Å². The predicted molar refractivity (Wildman–Crippen MR) is 83.0 cm³/mol. The Morgan fingerprint density at radius 1 is 1.48 bits per heavy atom. The first-order valence-corrected chi connectivity index (χ1v) is 8.57. The average molecular weight is 336 g/mol. The lowest BCUT2D eigenvalue weighted by atomic mass is 10.3. The molecule has 1 aromatic heterocycles. The third kappa shape index (κ3) is 3.90. The minimum Gasteiger partial charge on any atom is -0.385 e. The van der Waals surface area contributed by atoms with Gasteiger partial charge in [-0.15, -0.1) is 0 Å². The van der Waals surface area contributed by atoms with E-state index in [1.165, 1.54) is 4.31 Å². The van der Waals surface area contributed by atoms with Gasteiger partial charge in [0.2, 0.25) is 0 Å². The summed E-state index contributed by atoms with van der Waals surface area (Å²) in [6, 6.07) is 0.776. The van der Waals surface area contributed by atoms with Crippen molar-refractivity contribution in [3.8, 4) is 0 Å². The second-order valence-corrected chi connectivity index (χ2v) is 8.09. The summed E-state index contributed by atoms with van der Waals surface area (Å²) in [5.74, 6) is 0. The van der Waals surface area contributed by atoms with Crippen molar-refractivity contribution in [3.05, 3.63) is 16.2 Å². The smallest absolute Gasteiger partial charge is 0.304 e. The van der Waals surface area contributed by atoms with Gasteiger partial charge in [-0.25, -0.2) is 8.42 Å². The Kier molecular flexibility index (Phi) is 5.68. The fourth-order valence-corrected chi connectivity index (χ4v) is 5.07. The number of anilines is 1. The fraction of sp³-hybridized carbons (Fsp3) is 0.636. The van der Waals surface area contributed by atoms with Crippen molar-refractivity contribution < 1.29 is 13.3 Å². The van der Waals surface area contributed by atoms with Crippen LogP contribution in [0.2, 0.25) is 0 Å². The highest BCUT2D eigenvalue weighted by Gasteiger charge is 2.32. The van der Waals surface area contributed by atoms with Gasteiger partial charge < -0.3 is 10.6 Å². The van der Waals surface area contributed by atoms with Gasteiger partial charge in [-0.2, -0.15) is 4.31 Å². The van der Waals surface area contributed by atoms with E-state index in [1.807, 2.05) is 19.0 Å². The van der Waals surface area contributed by atoms with Crippen LogP contribution in [0, 0.1) is 10.1 Å². The lowest BCUT2D eigenvalue weighted by Gasteiger charge is -2.28. The SMILES string of the molecule is CCN(C(C)CN(C)C)S(=O)(=O)c1cc([N+](=O)[O-])c(N)s1. The Balaban J connectivity index is 3.19. The van der Waals surface area contributed by atoms with E-state index in [1.54, 1.807) is 13.8 Å². The van der Waals surface area contributed by atoms with Gasteiger partial charge in [0.25, 0.3) is 10.0 Å². The van der Waals surface area contributed by atoms with E-state index in [-0.39, 0.29) is 27.5 Å². The third-order valence-electron chi connectivity index (χ3n) is 2.91. The van der Waals surface area contributed by atoms with E-state index in [0.29, 0.717) is 6.54 Å². The number of hydrogen-bond donors (Lipinski definition) is 1. The zero-order valence-electron chi connectivity index (χ0n) is 12.4. The standard InChI is InChI=1S/C11H20N4O4S2/c1-5-14(8(2)7-13(3)4)21(18,19)10-6-9(15(16)17)11(12)20-10/h6,8H,5,7,12H2,1-4H3. The van der Waals surface area contributed by atoms with E-state index < -0.39 is 14.9 Å². The molecule has 0 aliphatic heterocycles. The van der Waals surface area contributed by atoms with Crippen molar-refractivity contribution >= 4 is 32.0 Å². The maximum absolute atomic E-state index is 12.6. The van der Waals surface area contributed by atoms with Crippen LogP contribution >= 0.6 is 11.3 Å². The highest BCUT2D eigenvalue weighted by Crippen LogP contribution is 2.36. The molecule has 1 heterocycles. The maximum atomic E-state index is 12.6. The maximum Gasteiger partial charge on any atom is 0.304 e. The minimum atomic E-state index is -3.79. The molecule has 8 nitrogen and oxygen atoms in total. The molecule has 0 radical (unpaired) electrons. The van der Waals surface area contributed by atoms with Gasteiger partial charge in [0, 0.05) is 25.2 Å². The van der Waals surface area contributed by atoms with Crippen molar-refractivity contribution in [2.45, 2.75) is 24.1 Å². The van der Waals surface area contributed by atoms with Crippen LogP contribution in [0.5, 0.6) is 0 Å². The van der Waals surface area contributed by atoms with Crippen molar-refractivity contribution in [1.29, 1.82) is 0 Å². The number of nitrogen functional groups attached to an aromatic ring is 1. The van der Waals surface area contributed by atoms with Crippen LogP contribution in [-0.2, 0) is 10.0 Å². The highest BCUT2D eigenvalue weighted by atomic mass is 32.2. The summed E-state index contributed by atoms with van der Waals surface area (Å²) in [5, 5.41) is 10.7. The molecule has 21 heavy (non-hydrogen) atoms. The predicted octanol–water partition coefficient (Wildman–Crippen LogP) is 1.20. The second kappa shape index (κ2) is 6.69. The van der Waals surface area contributed by atoms with Gasteiger partial charge in [-0.05, 0) is 21.0 Å². The first-order valence-electron chi connectivity index (χ1n) is 6.31. The van der Waals surface area contributed by atoms with Crippen molar-refractivity contribution in [2.24, 2.45) is 0 Å². The van der Waals surface area contributed by atoms with Crippen molar-refractivity contribution in [1.82, 2.24) is 9.21 Å². The quantitative estimate of drug-likeness (QED) is 0.592. The second-order valence-electron chi connectivity index (χ2n) is 4.89. The number of sulfonamides is 1. The topological polar surface area (TPSA) is 110 Å². The van der Waals surface area contributed by atoms with Gasteiger partial charge in [-0.1, -0.05) is 18.3 Å². The van der Waals surface area contributed by atoms with Gasteiger partial charge in [-0.3, -0.25) is 10.1 Å². The number of nitrogens with two attached hydrogens (primary N) is 1. The number of thiophene rings is 1. The number of nitrogens with zero attached hydrogens (tertiary/aromatic N) is 3. The monoisotopic (exact) mass is 336 g/mol. The molecule has 0 aromatic carbocycles. The summed E-state index contributed by atoms with van der Waals surface area (Å²) in [4.78, 5) is 12.0. The summed E-state index contributed by atoms with van der Waals surface area (Å²) in [7, 11) is -0.0862. The summed E-state index contributed by atoms with van der Waals surface area (Å²) in [6.07, 6.45) is 0. The van der Waals surface area contributed by atoms with Gasteiger partial charge >= 0.3 is 5.69 Å². The van der Waals surface area contributed by atoms with E-state index in [4.69, 9.17) is 5.73 Å². The summed E-state index contributed by atoms with van der Waals surface area (Å²) >= 11 is 0.723. The largest absolute Gasteiger partial charge is 0.385 e. The molecule has 1 rings (SSSR count). The van der Waals surface area contributed by atoms with Crippen LogP contribution in [0.15, 0.2) is 10.3 Å². The molecule has 0 saturated heterocycles. The van der Waals surface area contributed by atoms with Gasteiger partial charge in [0.15, 0.2) is 5.00 Å². The zero-order chi connectivity index (χ0) is 16.4. The lowest BCUT2D eigenvalue weighted by molar-refractivity contribution is -0.383. The molecule has 0 saturated carbocycles. The first kappa shape index (κ1) is 17.8. The average Bonchev–Trinajstić information content (AvgIpc) is 2.71. The van der Waals surface area contributed by atoms with Gasteiger partial charge in [0.05, 0.1) is 4.92 Å². The lowest BCUT2D eigenvalue weighted by Crippen LogP contribution is -2.43. The molecule has 0 aliphatic carbocycles. The zero-order valence-corrected chi connectivity index (χ0v) is 14.1. The van der Waals surface area contributed by atoms with Crippen LogP contribution < -0.4 is 5.73 Å². The Morgan fingerprint density at radius 3 is 2.43 bits per heavy atom. The van der Waals surface area contributed by atoms with E-state index in [2.05, 4.69) is 0 Å². The number of nitro groups is 1. The molecule has 1 atom stereocenters. The van der Waals surface area contributed by atoms with E-state index >= 15 is 0 Å². The molecular formula is C11H20N4O4S2. The molecule has 0 spiro atoms. The molecule has 10 heteroatoms. The normalized spacial score (nSPS) is 13.8. The molecule has 2 N–H and O–H groups in total. The Morgan fingerprint density at radius 2 is 2.05 bits per heavy atom. The highest BCUT2D eigenvalue weighted by molar-refractivity contribution is 7.91. The van der Waals surface area contributed by atoms with Gasteiger partial charge in [0.1, 0.15) is 4.21 Å². The number of likely N-dealkylation sites (N-methyl/N-ethyl adjacent to an activating group) is 2.